The first kappa shape index (κ1) is 25.4. The predicted molar refractivity (Wildman–Crippen MR) is 141 cm³/mol. The van der Waals surface area contributed by atoms with Crippen LogP contribution in [-0.4, -0.2) is 6.67 Å². The molecule has 2 saturated carbocycles. The van der Waals surface area contributed by atoms with Crippen molar-refractivity contribution in [2.75, 3.05) is 6.67 Å². The molecule has 4 rings (SSSR count). The van der Waals surface area contributed by atoms with Gasteiger partial charge in [0.25, 0.3) is 0 Å². The van der Waals surface area contributed by atoms with E-state index in [1.807, 2.05) is 6.07 Å². The normalized spacial score (nSPS) is 25.4. The Hall–Kier alpha value is -1.70. The monoisotopic (exact) mass is 466 g/mol. The average Bonchev–Trinajstić information content (AvgIpc) is 2.88. The third kappa shape index (κ3) is 6.70. The molecule has 2 aromatic carbocycles. The fourth-order valence-electron chi connectivity index (χ4n) is 6.55. The van der Waals surface area contributed by atoms with Gasteiger partial charge in [-0.1, -0.05) is 75.4 Å². The Kier molecular flexibility index (Phi) is 9.59. The lowest BCUT2D eigenvalue weighted by Crippen LogP contribution is -2.14. The molecule has 0 spiro atoms. The van der Waals surface area contributed by atoms with Gasteiger partial charge in [0.2, 0.25) is 0 Å². The quantitative estimate of drug-likeness (QED) is 0.305. The summed E-state index contributed by atoms with van der Waals surface area (Å²) in [6.45, 7) is 2.09. The molecule has 0 atom stereocenters. The van der Waals surface area contributed by atoms with E-state index in [0.717, 1.165) is 61.1 Å². The number of alkyl halides is 1. The molecule has 0 aliphatic heterocycles. The van der Waals surface area contributed by atoms with Crippen LogP contribution in [0.1, 0.15) is 120 Å². The highest BCUT2D eigenvalue weighted by molar-refractivity contribution is 5.64. The Morgan fingerprint density at radius 1 is 0.676 bits per heavy atom. The number of hydrogen-bond acceptors (Lipinski definition) is 0. The van der Waals surface area contributed by atoms with Crippen molar-refractivity contribution in [3.8, 4) is 11.1 Å². The fourth-order valence-corrected chi connectivity index (χ4v) is 6.55. The smallest absolute Gasteiger partial charge is 0.127 e. The maximum absolute atomic E-state index is 15.1. The highest BCUT2D eigenvalue weighted by Gasteiger charge is 2.25. The summed E-state index contributed by atoms with van der Waals surface area (Å²) in [5.41, 5.74) is 4.44. The van der Waals surface area contributed by atoms with Crippen molar-refractivity contribution in [2.45, 2.75) is 109 Å². The van der Waals surface area contributed by atoms with Crippen molar-refractivity contribution in [1.82, 2.24) is 0 Å². The van der Waals surface area contributed by atoms with Crippen LogP contribution in [-0.2, 0) is 0 Å². The van der Waals surface area contributed by atoms with Gasteiger partial charge in [0.05, 0.1) is 6.67 Å². The molecule has 34 heavy (non-hydrogen) atoms. The highest BCUT2D eigenvalue weighted by Crippen LogP contribution is 2.40. The molecule has 2 aromatic rings. The number of benzene rings is 2. The number of halogens is 2. The fraction of sp³-hybridized carbons (Fsp3) is 0.625. The van der Waals surface area contributed by atoms with Crippen LogP contribution in [0.4, 0.5) is 8.78 Å². The van der Waals surface area contributed by atoms with E-state index in [4.69, 9.17) is 0 Å². The molecule has 0 radical (unpaired) electrons. The summed E-state index contributed by atoms with van der Waals surface area (Å²) in [4.78, 5) is 0. The lowest BCUT2D eigenvalue weighted by atomic mass is 9.76. The van der Waals surface area contributed by atoms with E-state index in [1.54, 1.807) is 6.07 Å². The molecule has 2 aliphatic carbocycles. The zero-order valence-electron chi connectivity index (χ0n) is 21.2. The molecule has 0 saturated heterocycles. The lowest BCUT2D eigenvalue weighted by Gasteiger charge is -2.29. The van der Waals surface area contributed by atoms with Gasteiger partial charge in [-0.05, 0) is 110 Å². The van der Waals surface area contributed by atoms with Crippen molar-refractivity contribution < 1.29 is 8.78 Å². The molecule has 0 bridgehead atoms. The van der Waals surface area contributed by atoms with Crippen LogP contribution in [0.2, 0.25) is 0 Å². The van der Waals surface area contributed by atoms with E-state index in [9.17, 15) is 4.39 Å². The third-order valence-electron chi connectivity index (χ3n) is 8.81. The maximum Gasteiger partial charge on any atom is 0.127 e. The molecule has 0 amide bonds. The summed E-state index contributed by atoms with van der Waals surface area (Å²) in [6.07, 6.45) is 16.7. The molecule has 0 unspecified atom stereocenters. The Morgan fingerprint density at radius 2 is 1.26 bits per heavy atom. The summed E-state index contributed by atoms with van der Waals surface area (Å²) in [5, 5.41) is 0. The van der Waals surface area contributed by atoms with Crippen LogP contribution in [0.5, 0.6) is 0 Å². The summed E-state index contributed by atoms with van der Waals surface area (Å²) < 4.78 is 27.5. The second kappa shape index (κ2) is 12.8. The Balaban J connectivity index is 1.32. The Morgan fingerprint density at radius 3 is 1.85 bits per heavy atom. The minimum absolute atomic E-state index is 0.0483. The van der Waals surface area contributed by atoms with Gasteiger partial charge in [-0.2, -0.15) is 0 Å². The predicted octanol–water partition coefficient (Wildman–Crippen LogP) is 10.4. The average molecular weight is 467 g/mol. The molecule has 2 heteroatoms. The van der Waals surface area contributed by atoms with E-state index < -0.39 is 0 Å². The van der Waals surface area contributed by atoms with Gasteiger partial charge in [0.15, 0.2) is 0 Å². The van der Waals surface area contributed by atoms with Gasteiger partial charge in [0.1, 0.15) is 5.82 Å². The van der Waals surface area contributed by atoms with Crippen LogP contribution in [0, 0.1) is 17.7 Å². The summed E-state index contributed by atoms with van der Waals surface area (Å²) >= 11 is 0. The molecular formula is C32H44F2. The van der Waals surface area contributed by atoms with Gasteiger partial charge < -0.3 is 0 Å². The van der Waals surface area contributed by atoms with Gasteiger partial charge >= 0.3 is 0 Å². The standard InChI is InChI=1S/C32H44F2/c1-2-3-6-24-8-12-26(13-9-24)27-16-18-28(19-17-27)30-20-21-31(32(34)23-30)29-14-10-25(11-15-29)7-4-5-22-33/h16-21,23-26,29H,2-15,22H2,1H3. The van der Waals surface area contributed by atoms with Crippen molar-refractivity contribution in [1.29, 1.82) is 0 Å². The van der Waals surface area contributed by atoms with Crippen molar-refractivity contribution in [2.24, 2.45) is 11.8 Å². The largest absolute Gasteiger partial charge is 0.251 e. The van der Waals surface area contributed by atoms with Crippen LogP contribution < -0.4 is 0 Å². The first-order valence-electron chi connectivity index (χ1n) is 14.1. The number of hydrogen-bond donors (Lipinski definition) is 0. The van der Waals surface area contributed by atoms with Gasteiger partial charge in [-0.15, -0.1) is 0 Å². The van der Waals surface area contributed by atoms with E-state index in [-0.39, 0.29) is 12.5 Å². The van der Waals surface area contributed by atoms with Gasteiger partial charge in [-0.3, -0.25) is 4.39 Å². The molecule has 0 N–H and O–H groups in total. The second-order valence-corrected chi connectivity index (χ2v) is 11.1. The van der Waals surface area contributed by atoms with Crippen molar-refractivity contribution in [3.63, 3.8) is 0 Å². The second-order valence-electron chi connectivity index (χ2n) is 11.1. The molecule has 0 aromatic heterocycles. The van der Waals surface area contributed by atoms with Crippen LogP contribution in [0.3, 0.4) is 0 Å². The molecule has 2 fully saturated rings. The molecule has 0 nitrogen and oxygen atoms in total. The zero-order chi connectivity index (χ0) is 23.8. The summed E-state index contributed by atoms with van der Waals surface area (Å²) in [7, 11) is 0. The van der Waals surface area contributed by atoms with Crippen molar-refractivity contribution in [3.05, 3.63) is 59.4 Å². The SMILES string of the molecule is CCCCC1CCC(c2ccc(-c3ccc(C4CCC(CCCCF)CC4)c(F)c3)cc2)CC1. The Bertz CT molecular complexity index is 855. The molecule has 186 valence electrons. The number of unbranched alkanes of at least 4 members (excludes halogenated alkanes) is 2. The highest BCUT2D eigenvalue weighted by atomic mass is 19.1. The topological polar surface area (TPSA) is 0 Å². The van der Waals surface area contributed by atoms with Gasteiger partial charge in [0, 0.05) is 0 Å². The molecule has 2 aliphatic rings. The molecule has 0 heterocycles. The number of rotatable bonds is 10. The minimum atomic E-state index is -0.199. The zero-order valence-corrected chi connectivity index (χ0v) is 21.2. The van der Waals surface area contributed by atoms with Crippen LogP contribution in [0.15, 0.2) is 42.5 Å². The summed E-state index contributed by atoms with van der Waals surface area (Å²) in [6, 6.07) is 14.8. The van der Waals surface area contributed by atoms with Crippen LogP contribution in [0.25, 0.3) is 11.1 Å². The van der Waals surface area contributed by atoms with Gasteiger partial charge in [-0.25, -0.2) is 4.39 Å². The molecular weight excluding hydrogens is 422 g/mol. The first-order chi connectivity index (χ1) is 16.7. The third-order valence-corrected chi connectivity index (χ3v) is 8.81. The van der Waals surface area contributed by atoms with Crippen LogP contribution >= 0.6 is 0 Å². The van der Waals surface area contributed by atoms with E-state index in [2.05, 4.69) is 37.3 Å². The van der Waals surface area contributed by atoms with E-state index in [1.165, 1.54) is 50.5 Å². The van der Waals surface area contributed by atoms with E-state index >= 15 is 4.39 Å². The maximum atomic E-state index is 15.1. The Labute approximate surface area is 206 Å². The van der Waals surface area contributed by atoms with E-state index in [0.29, 0.717) is 24.2 Å². The van der Waals surface area contributed by atoms with Crippen molar-refractivity contribution >= 4 is 0 Å². The first-order valence-corrected chi connectivity index (χ1v) is 14.1. The minimum Gasteiger partial charge on any atom is -0.251 e. The lowest BCUT2D eigenvalue weighted by molar-refractivity contribution is 0.295. The summed E-state index contributed by atoms with van der Waals surface area (Å²) in [5.74, 6) is 2.62.